The summed E-state index contributed by atoms with van der Waals surface area (Å²) >= 11 is 0. The zero-order chi connectivity index (χ0) is 24.7. The number of aromatic nitrogens is 5. The van der Waals surface area contributed by atoms with Crippen LogP contribution in [0.2, 0.25) is 0 Å². The first-order valence-electron chi connectivity index (χ1n) is 10.7. The summed E-state index contributed by atoms with van der Waals surface area (Å²) in [6, 6.07) is 7.19. The van der Waals surface area contributed by atoms with E-state index in [2.05, 4.69) is 15.3 Å². The summed E-state index contributed by atoms with van der Waals surface area (Å²) in [5.41, 5.74) is -0.689. The Labute approximate surface area is 195 Å². The molecule has 3 aromatic heterocycles. The summed E-state index contributed by atoms with van der Waals surface area (Å²) in [5, 5.41) is 29.6. The van der Waals surface area contributed by atoms with Gasteiger partial charge in [-0.1, -0.05) is 5.21 Å². The third-order valence-electron chi connectivity index (χ3n) is 5.78. The first kappa shape index (κ1) is 22.7. The molecule has 0 saturated carbocycles. The summed E-state index contributed by atoms with van der Waals surface area (Å²) in [7, 11) is 0. The molecule has 13 nitrogen and oxygen atoms in total. The fraction of sp³-hybridized carbons (Fsp3) is 0.318. The highest BCUT2D eigenvalue weighted by atomic mass is 16.5. The Balaban J connectivity index is 1.34. The second-order valence-corrected chi connectivity index (χ2v) is 8.14. The maximum Gasteiger partial charge on any atom is 0.336 e. The van der Waals surface area contributed by atoms with Crippen molar-refractivity contribution < 1.29 is 24.1 Å². The van der Waals surface area contributed by atoms with E-state index in [1.54, 1.807) is 24.3 Å². The number of aliphatic hydroxyl groups is 2. The zero-order valence-corrected chi connectivity index (χ0v) is 18.4. The quantitative estimate of drug-likeness (QED) is 0.306. The van der Waals surface area contributed by atoms with Crippen LogP contribution in [-0.4, -0.2) is 53.6 Å². The number of ether oxygens (including phenoxy) is 2. The molecule has 3 N–H and O–H groups in total. The predicted octanol–water partition coefficient (Wildman–Crippen LogP) is -0.386. The number of nitrogens with one attached hydrogen (secondary N) is 1. The van der Waals surface area contributed by atoms with Gasteiger partial charge < -0.3 is 24.1 Å². The van der Waals surface area contributed by atoms with Crippen molar-refractivity contribution in [3.63, 3.8) is 0 Å². The van der Waals surface area contributed by atoms with Crippen LogP contribution >= 0.6 is 0 Å². The van der Waals surface area contributed by atoms with Crippen molar-refractivity contribution in [2.75, 3.05) is 6.61 Å². The van der Waals surface area contributed by atoms with Crippen molar-refractivity contribution in [1.82, 2.24) is 24.5 Å². The number of nitrogens with zero attached hydrogens (tertiary/aromatic N) is 4. The van der Waals surface area contributed by atoms with Crippen LogP contribution in [0, 0.1) is 6.92 Å². The maximum absolute atomic E-state index is 12.3. The maximum atomic E-state index is 12.3. The van der Waals surface area contributed by atoms with Gasteiger partial charge in [-0.05, 0) is 25.1 Å². The van der Waals surface area contributed by atoms with E-state index in [1.165, 1.54) is 30.1 Å². The van der Waals surface area contributed by atoms with Crippen molar-refractivity contribution in [1.29, 1.82) is 0 Å². The molecule has 5 rings (SSSR count). The average Bonchev–Trinajstić information content (AvgIpc) is 3.43. The largest absolute Gasteiger partial charge is 0.487 e. The second kappa shape index (κ2) is 8.94. The van der Waals surface area contributed by atoms with E-state index in [-0.39, 0.29) is 12.2 Å². The number of fused-ring (bicyclic) bond motifs is 1. The first-order valence-corrected chi connectivity index (χ1v) is 10.7. The summed E-state index contributed by atoms with van der Waals surface area (Å²) in [6.45, 7) is 1.09. The molecule has 4 aromatic rings. The molecule has 1 aliphatic rings. The van der Waals surface area contributed by atoms with Crippen molar-refractivity contribution >= 4 is 11.0 Å². The third-order valence-corrected chi connectivity index (χ3v) is 5.78. The van der Waals surface area contributed by atoms with Crippen molar-refractivity contribution in [3.05, 3.63) is 85.2 Å². The molecule has 13 heteroatoms. The number of aromatic amines is 1. The minimum Gasteiger partial charge on any atom is -0.487 e. The lowest BCUT2D eigenvalue weighted by atomic mass is 10.1. The molecule has 4 heterocycles. The van der Waals surface area contributed by atoms with Crippen LogP contribution in [0.5, 0.6) is 5.75 Å². The molecule has 1 aromatic carbocycles. The molecule has 4 atom stereocenters. The highest BCUT2D eigenvalue weighted by molar-refractivity contribution is 5.77. The lowest BCUT2D eigenvalue weighted by molar-refractivity contribution is -0.0536. The first-order chi connectivity index (χ1) is 16.8. The third kappa shape index (κ3) is 4.27. The van der Waals surface area contributed by atoms with E-state index in [1.807, 2.05) is 0 Å². The number of hydrogen-bond acceptors (Lipinski definition) is 10. The molecule has 0 aliphatic carbocycles. The fourth-order valence-electron chi connectivity index (χ4n) is 4.03. The Kier molecular flexibility index (Phi) is 5.80. The van der Waals surface area contributed by atoms with Crippen LogP contribution in [0.4, 0.5) is 0 Å². The minimum absolute atomic E-state index is 0.0258. The van der Waals surface area contributed by atoms with E-state index in [9.17, 15) is 24.6 Å². The molecular formula is C22H21N5O8. The van der Waals surface area contributed by atoms with Crippen LogP contribution < -0.4 is 21.6 Å². The zero-order valence-electron chi connectivity index (χ0n) is 18.4. The van der Waals surface area contributed by atoms with Gasteiger partial charge in [0.05, 0.1) is 12.8 Å². The highest BCUT2D eigenvalue weighted by Crippen LogP contribution is 2.36. The minimum atomic E-state index is -1.28. The number of rotatable bonds is 6. The predicted molar refractivity (Wildman–Crippen MR) is 119 cm³/mol. The topological polar surface area (TPSA) is 175 Å². The van der Waals surface area contributed by atoms with Gasteiger partial charge in [-0.15, -0.1) is 5.10 Å². The molecule has 0 spiro atoms. The lowest BCUT2D eigenvalue weighted by Crippen LogP contribution is -2.37. The smallest absolute Gasteiger partial charge is 0.336 e. The van der Waals surface area contributed by atoms with Gasteiger partial charge in [0.25, 0.3) is 5.56 Å². The number of aryl methyl sites for hydroxylation is 1. The molecule has 182 valence electrons. The molecular weight excluding hydrogens is 462 g/mol. The van der Waals surface area contributed by atoms with Crippen molar-refractivity contribution in [2.24, 2.45) is 0 Å². The normalized spacial score (nSPS) is 22.0. The summed E-state index contributed by atoms with van der Waals surface area (Å²) in [5.74, 6) is 0.451. The van der Waals surface area contributed by atoms with Gasteiger partial charge in [-0.2, -0.15) is 0 Å². The summed E-state index contributed by atoms with van der Waals surface area (Å²) in [4.78, 5) is 37.5. The van der Waals surface area contributed by atoms with Crippen molar-refractivity contribution in [2.45, 2.75) is 38.0 Å². The van der Waals surface area contributed by atoms with Gasteiger partial charge in [0, 0.05) is 29.3 Å². The van der Waals surface area contributed by atoms with Gasteiger partial charge in [0.2, 0.25) is 0 Å². The Morgan fingerprint density at radius 2 is 1.97 bits per heavy atom. The SMILES string of the molecule is Cc1cn([C@@H]2O[C@H](CO)[C@@H](n3cc(COc4ccc5ccc(=O)oc5c4)nn3)[C@H]2O)c(=O)[nH]c1=O. The summed E-state index contributed by atoms with van der Waals surface area (Å²) in [6.07, 6.45) is -0.513. The average molecular weight is 483 g/mol. The van der Waals surface area contributed by atoms with E-state index >= 15 is 0 Å². The van der Waals surface area contributed by atoms with Gasteiger partial charge in [0.1, 0.15) is 41.9 Å². The highest BCUT2D eigenvalue weighted by Gasteiger charge is 2.46. The number of H-pyrrole nitrogens is 1. The van der Waals surface area contributed by atoms with E-state index < -0.39 is 48.0 Å². The molecule has 1 fully saturated rings. The molecule has 0 radical (unpaired) electrons. The lowest BCUT2D eigenvalue weighted by Gasteiger charge is -2.19. The van der Waals surface area contributed by atoms with Crippen LogP contribution in [0.3, 0.4) is 0 Å². The number of aliphatic hydroxyl groups excluding tert-OH is 2. The molecule has 0 amide bonds. The Morgan fingerprint density at radius 1 is 1.17 bits per heavy atom. The summed E-state index contributed by atoms with van der Waals surface area (Å²) < 4.78 is 19.0. The van der Waals surface area contributed by atoms with Crippen LogP contribution in [-0.2, 0) is 11.3 Å². The Morgan fingerprint density at radius 3 is 2.77 bits per heavy atom. The molecule has 0 unspecified atom stereocenters. The number of hydrogen-bond donors (Lipinski definition) is 3. The van der Waals surface area contributed by atoms with Crippen LogP contribution in [0.15, 0.2) is 61.5 Å². The van der Waals surface area contributed by atoms with Crippen molar-refractivity contribution in [3.8, 4) is 5.75 Å². The van der Waals surface area contributed by atoms with E-state index in [4.69, 9.17) is 13.9 Å². The molecule has 35 heavy (non-hydrogen) atoms. The monoisotopic (exact) mass is 483 g/mol. The van der Waals surface area contributed by atoms with E-state index in [0.29, 0.717) is 17.0 Å². The molecule has 1 aliphatic heterocycles. The van der Waals surface area contributed by atoms with Gasteiger partial charge in [-0.25, -0.2) is 14.3 Å². The van der Waals surface area contributed by atoms with Crippen LogP contribution in [0.1, 0.15) is 23.5 Å². The molecule has 1 saturated heterocycles. The van der Waals surface area contributed by atoms with Gasteiger partial charge in [0.15, 0.2) is 6.23 Å². The van der Waals surface area contributed by atoms with Gasteiger partial charge in [-0.3, -0.25) is 14.3 Å². The fourth-order valence-corrected chi connectivity index (χ4v) is 4.03. The Hall–Kier alpha value is -4.07. The second-order valence-electron chi connectivity index (χ2n) is 8.14. The Bertz CT molecular complexity index is 1550. The molecule has 0 bridgehead atoms. The van der Waals surface area contributed by atoms with Gasteiger partial charge >= 0.3 is 11.3 Å². The standard InChI is InChI=1S/C22H21N5O8/c1-11-7-26(22(32)23-20(11)31)21-19(30)18(16(9-28)35-21)27-8-13(24-25-27)10-33-14-4-2-12-3-5-17(29)34-15(12)6-14/h2-8,16,18-19,21,28,30H,9-10H2,1H3,(H,23,31,32)/t16-,18-,19-,21-/m1/s1. The van der Waals surface area contributed by atoms with E-state index in [0.717, 1.165) is 9.95 Å². The van der Waals surface area contributed by atoms with Crippen LogP contribution in [0.25, 0.3) is 11.0 Å². The number of benzene rings is 1.